The second-order valence-corrected chi connectivity index (χ2v) is 18.2. The minimum absolute atomic E-state index is 0.0458. The van der Waals surface area contributed by atoms with Gasteiger partial charge in [0.15, 0.2) is 0 Å². The average Bonchev–Trinajstić information content (AvgIpc) is 3.50. The second kappa shape index (κ2) is 14.2. The summed E-state index contributed by atoms with van der Waals surface area (Å²) < 4.78 is 0. The number of benzene rings is 9. The minimum Gasteiger partial charge on any atom is -0.0984 e. The van der Waals surface area contributed by atoms with Crippen LogP contribution >= 0.6 is 0 Å². The predicted octanol–water partition coefficient (Wildman–Crippen LogP) is 17.1. The van der Waals surface area contributed by atoms with Gasteiger partial charge in [-0.3, -0.25) is 0 Å². The number of hydrogen-bond donors (Lipinski definition) is 0. The van der Waals surface area contributed by atoms with Crippen LogP contribution in [0.3, 0.4) is 0 Å². The highest BCUT2D eigenvalue weighted by molar-refractivity contribution is 6.08. The zero-order valence-electron chi connectivity index (χ0n) is 35.5. The largest absolute Gasteiger partial charge is 0.0984 e. The monoisotopic (exact) mass is 770 g/mol. The molecule has 1 aliphatic carbocycles. The van der Waals surface area contributed by atoms with Crippen molar-refractivity contribution in [1.29, 1.82) is 0 Å². The Morgan fingerprint density at radius 1 is 0.450 bits per heavy atom. The first-order valence-corrected chi connectivity index (χ1v) is 21.3. The van der Waals surface area contributed by atoms with Crippen molar-refractivity contribution < 1.29 is 0 Å². The van der Waals surface area contributed by atoms with Gasteiger partial charge in [0.05, 0.1) is 0 Å². The topological polar surface area (TPSA) is 0 Å². The van der Waals surface area contributed by atoms with Crippen LogP contribution in [0, 0.1) is 0 Å². The van der Waals surface area contributed by atoms with E-state index in [1.165, 1.54) is 110 Å². The molecular weight excluding hydrogens is 721 g/mol. The molecule has 0 radical (unpaired) electrons. The summed E-state index contributed by atoms with van der Waals surface area (Å²) in [7, 11) is 0. The van der Waals surface area contributed by atoms with Gasteiger partial charge >= 0.3 is 0 Å². The van der Waals surface area contributed by atoms with Gasteiger partial charge in [0.2, 0.25) is 0 Å². The standard InChI is InChI=1S/C60H50/c1-8-12-49-38(9-2)15-21-47-33-42(23-28-51(47)49)39-16-18-41(19-17-39)53-30-25-44(35-56(53)59(3,4)5)46-27-32-55-54-31-26-45(36-57(54)60(6,7)58(55)37-46)43-24-29-52-48(34-43)22-20-40-13-10-11-14-50(40)52/h8-37H,2H2,1,3-7H3/b12-8-. The van der Waals surface area contributed by atoms with E-state index in [-0.39, 0.29) is 10.8 Å². The van der Waals surface area contributed by atoms with Crippen molar-refractivity contribution in [1.82, 2.24) is 0 Å². The van der Waals surface area contributed by atoms with E-state index in [0.717, 1.165) is 5.56 Å². The van der Waals surface area contributed by atoms with Crippen LogP contribution in [0.15, 0.2) is 176 Å². The molecule has 290 valence electrons. The quantitative estimate of drug-likeness (QED) is 0.148. The normalized spacial score (nSPS) is 13.3. The summed E-state index contributed by atoms with van der Waals surface area (Å²) in [6.45, 7) is 17.9. The first kappa shape index (κ1) is 37.5. The van der Waals surface area contributed by atoms with Crippen LogP contribution in [0.1, 0.15) is 69.4 Å². The van der Waals surface area contributed by atoms with Crippen molar-refractivity contribution in [3.8, 4) is 55.6 Å². The Hall–Kier alpha value is -6.76. The van der Waals surface area contributed by atoms with E-state index in [0.29, 0.717) is 0 Å². The van der Waals surface area contributed by atoms with Crippen LogP contribution in [0.4, 0.5) is 0 Å². The molecule has 0 atom stereocenters. The summed E-state index contributed by atoms with van der Waals surface area (Å²) in [4.78, 5) is 0. The Balaban J connectivity index is 0.957. The molecule has 0 spiro atoms. The molecule has 0 aliphatic heterocycles. The summed E-state index contributed by atoms with van der Waals surface area (Å²) in [6, 6.07) is 61.7. The zero-order valence-corrected chi connectivity index (χ0v) is 35.5. The number of hydrogen-bond acceptors (Lipinski definition) is 0. The molecule has 0 aromatic heterocycles. The molecule has 0 amide bonds. The lowest BCUT2D eigenvalue weighted by Gasteiger charge is -2.25. The van der Waals surface area contributed by atoms with E-state index >= 15 is 0 Å². The van der Waals surface area contributed by atoms with Gasteiger partial charge < -0.3 is 0 Å². The first-order valence-electron chi connectivity index (χ1n) is 21.3. The van der Waals surface area contributed by atoms with Gasteiger partial charge in [-0.05, 0) is 152 Å². The first-order chi connectivity index (χ1) is 29.0. The van der Waals surface area contributed by atoms with Gasteiger partial charge in [0.1, 0.15) is 0 Å². The van der Waals surface area contributed by atoms with Gasteiger partial charge in [-0.25, -0.2) is 0 Å². The maximum Gasteiger partial charge on any atom is 0.0159 e. The maximum atomic E-state index is 4.03. The fourth-order valence-corrected chi connectivity index (χ4v) is 9.81. The second-order valence-electron chi connectivity index (χ2n) is 18.2. The van der Waals surface area contributed by atoms with Gasteiger partial charge in [-0.2, -0.15) is 0 Å². The molecule has 9 aromatic rings. The molecule has 0 nitrogen and oxygen atoms in total. The van der Waals surface area contributed by atoms with Crippen molar-refractivity contribution in [3.63, 3.8) is 0 Å². The summed E-state index contributed by atoms with van der Waals surface area (Å²) in [5, 5.41) is 7.65. The lowest BCUT2D eigenvalue weighted by molar-refractivity contribution is 0.592. The Bertz CT molecular complexity index is 3210. The van der Waals surface area contributed by atoms with Gasteiger partial charge in [-0.1, -0.05) is 199 Å². The summed E-state index contributed by atoms with van der Waals surface area (Å²) in [6.07, 6.45) is 6.22. The molecule has 9 aromatic carbocycles. The van der Waals surface area contributed by atoms with Crippen molar-refractivity contribution in [2.75, 3.05) is 0 Å². The summed E-state index contributed by atoms with van der Waals surface area (Å²) in [5.74, 6) is 0. The number of allylic oxidation sites excluding steroid dienone is 1. The Morgan fingerprint density at radius 3 is 1.58 bits per heavy atom. The molecule has 60 heavy (non-hydrogen) atoms. The SMILES string of the molecule is C=Cc1ccc2cc(-c3ccc(-c4ccc(-c5ccc6c(c5)C(C)(C)c5cc(-c7ccc8c(ccc9ccccc98)c7)ccc5-6)cc4C(C)(C)C)cc3)ccc2c1/C=C\C. The average molecular weight is 771 g/mol. The molecule has 0 bridgehead atoms. The van der Waals surface area contributed by atoms with E-state index in [4.69, 9.17) is 0 Å². The third kappa shape index (κ3) is 6.22. The molecule has 0 unspecified atom stereocenters. The van der Waals surface area contributed by atoms with E-state index < -0.39 is 0 Å². The summed E-state index contributed by atoms with van der Waals surface area (Å²) in [5.41, 5.74) is 19.0. The molecule has 0 N–H and O–H groups in total. The van der Waals surface area contributed by atoms with Crippen molar-refractivity contribution >= 4 is 44.5 Å². The minimum atomic E-state index is -0.132. The third-order valence-electron chi connectivity index (χ3n) is 13.1. The van der Waals surface area contributed by atoms with E-state index in [1.807, 2.05) is 6.08 Å². The molecule has 10 rings (SSSR count). The lowest BCUT2D eigenvalue weighted by Crippen LogP contribution is -2.15. The highest BCUT2D eigenvalue weighted by Crippen LogP contribution is 2.51. The molecule has 0 saturated carbocycles. The highest BCUT2D eigenvalue weighted by atomic mass is 14.4. The molecular formula is C60H50. The molecule has 0 heterocycles. The fraction of sp³-hybridized carbons (Fsp3) is 0.133. The van der Waals surface area contributed by atoms with E-state index in [9.17, 15) is 0 Å². The van der Waals surface area contributed by atoms with Crippen LogP contribution in [0.5, 0.6) is 0 Å². The van der Waals surface area contributed by atoms with Crippen LogP contribution in [0.2, 0.25) is 0 Å². The van der Waals surface area contributed by atoms with Crippen molar-refractivity contribution in [3.05, 3.63) is 204 Å². The molecule has 1 aliphatic rings. The third-order valence-corrected chi connectivity index (χ3v) is 13.1. The van der Waals surface area contributed by atoms with Gasteiger partial charge in [0.25, 0.3) is 0 Å². The van der Waals surface area contributed by atoms with E-state index in [2.05, 4.69) is 224 Å². The number of rotatable bonds is 6. The smallest absolute Gasteiger partial charge is 0.0159 e. The lowest BCUT2D eigenvalue weighted by atomic mass is 9.79. The van der Waals surface area contributed by atoms with Crippen LogP contribution in [-0.4, -0.2) is 0 Å². The fourth-order valence-electron chi connectivity index (χ4n) is 9.81. The molecule has 0 saturated heterocycles. The van der Waals surface area contributed by atoms with Crippen molar-refractivity contribution in [2.45, 2.75) is 52.4 Å². The van der Waals surface area contributed by atoms with Crippen LogP contribution < -0.4 is 0 Å². The summed E-state index contributed by atoms with van der Waals surface area (Å²) >= 11 is 0. The Morgan fingerprint density at radius 2 is 0.933 bits per heavy atom. The number of fused-ring (bicyclic) bond motifs is 7. The molecule has 0 fully saturated rings. The Labute approximate surface area is 355 Å². The maximum absolute atomic E-state index is 4.03. The van der Waals surface area contributed by atoms with Gasteiger partial charge in [0, 0.05) is 5.41 Å². The van der Waals surface area contributed by atoms with Crippen molar-refractivity contribution in [2.24, 2.45) is 0 Å². The zero-order chi connectivity index (χ0) is 41.3. The van der Waals surface area contributed by atoms with Crippen LogP contribution in [0.25, 0.3) is 100 Å². The molecule has 0 heteroatoms. The Kier molecular flexibility index (Phi) is 8.88. The highest BCUT2D eigenvalue weighted by Gasteiger charge is 2.36. The van der Waals surface area contributed by atoms with Gasteiger partial charge in [-0.15, -0.1) is 0 Å². The van der Waals surface area contributed by atoms with Crippen LogP contribution in [-0.2, 0) is 10.8 Å². The van der Waals surface area contributed by atoms with E-state index in [1.54, 1.807) is 0 Å². The predicted molar refractivity (Wildman–Crippen MR) is 262 cm³/mol.